The van der Waals surface area contributed by atoms with Crippen molar-refractivity contribution in [2.24, 2.45) is 5.92 Å². The van der Waals surface area contributed by atoms with Gasteiger partial charge in [0.05, 0.1) is 12.5 Å². The predicted molar refractivity (Wildman–Crippen MR) is 111 cm³/mol. The number of aryl methyl sites for hydroxylation is 1. The molecule has 5 rings (SSSR count). The molecule has 0 spiro atoms. The first-order valence-corrected chi connectivity index (χ1v) is 11.3. The summed E-state index contributed by atoms with van der Waals surface area (Å²) in [6.07, 6.45) is 7.40. The second-order valence-corrected chi connectivity index (χ2v) is 8.68. The van der Waals surface area contributed by atoms with Crippen molar-refractivity contribution in [3.8, 4) is 11.5 Å². The molecule has 8 heteroatoms. The lowest BCUT2D eigenvalue weighted by molar-refractivity contribution is -0.134. The molecule has 2 aromatic rings. The van der Waals surface area contributed by atoms with E-state index in [9.17, 15) is 4.79 Å². The molecule has 1 aromatic carbocycles. The molecule has 1 aliphatic carbocycles. The molecule has 1 amide bonds. The van der Waals surface area contributed by atoms with Crippen molar-refractivity contribution in [1.82, 2.24) is 15.1 Å². The van der Waals surface area contributed by atoms with Crippen molar-refractivity contribution in [2.75, 3.05) is 26.5 Å². The van der Waals surface area contributed by atoms with E-state index in [0.29, 0.717) is 43.5 Å². The number of carbonyl (C=O) groups is 1. The summed E-state index contributed by atoms with van der Waals surface area (Å²) in [5.41, 5.74) is 1.01. The van der Waals surface area contributed by atoms with Gasteiger partial charge in [-0.25, -0.2) is 0 Å². The van der Waals surface area contributed by atoms with Crippen LogP contribution in [-0.4, -0.2) is 53.6 Å². The van der Waals surface area contributed by atoms with Crippen molar-refractivity contribution < 1.29 is 23.4 Å². The fourth-order valence-electron chi connectivity index (χ4n) is 4.36. The highest BCUT2D eigenvalue weighted by Gasteiger charge is 2.27. The van der Waals surface area contributed by atoms with Gasteiger partial charge in [0, 0.05) is 32.5 Å². The van der Waals surface area contributed by atoms with Gasteiger partial charge in [-0.1, -0.05) is 12.5 Å². The summed E-state index contributed by atoms with van der Waals surface area (Å²) in [5.74, 6) is 3.32. The van der Waals surface area contributed by atoms with E-state index < -0.39 is 0 Å². The lowest BCUT2D eigenvalue weighted by Crippen LogP contribution is -2.41. The number of hydrogen-bond acceptors (Lipinski definition) is 7. The zero-order valence-electron chi connectivity index (χ0n) is 17.8. The molecular weight excluding hydrogens is 398 g/mol. The van der Waals surface area contributed by atoms with Crippen LogP contribution in [0.1, 0.15) is 55.9 Å². The van der Waals surface area contributed by atoms with Gasteiger partial charge in [0.15, 0.2) is 11.5 Å². The SMILES string of the molecule is O=C(CCc1nnc(Cc2ccc3c(c2)OCO3)o1)N(CC1CCC1)C[C@H]1CCCO1. The van der Waals surface area contributed by atoms with Crippen molar-refractivity contribution >= 4 is 5.91 Å². The Morgan fingerprint density at radius 1 is 1.03 bits per heavy atom. The number of amides is 1. The zero-order valence-corrected chi connectivity index (χ0v) is 17.8. The maximum atomic E-state index is 12.9. The highest BCUT2D eigenvalue weighted by Crippen LogP contribution is 2.33. The smallest absolute Gasteiger partial charge is 0.231 e. The van der Waals surface area contributed by atoms with Crippen LogP contribution in [0.25, 0.3) is 0 Å². The molecule has 8 nitrogen and oxygen atoms in total. The highest BCUT2D eigenvalue weighted by atomic mass is 16.7. The van der Waals surface area contributed by atoms with Gasteiger partial charge in [0.1, 0.15) is 0 Å². The van der Waals surface area contributed by atoms with Gasteiger partial charge in [0.25, 0.3) is 0 Å². The van der Waals surface area contributed by atoms with E-state index in [1.807, 2.05) is 23.1 Å². The fraction of sp³-hybridized carbons (Fsp3) is 0.609. The van der Waals surface area contributed by atoms with E-state index in [0.717, 1.165) is 43.1 Å². The summed E-state index contributed by atoms with van der Waals surface area (Å²) >= 11 is 0. The predicted octanol–water partition coefficient (Wildman–Crippen LogP) is 3.13. The zero-order chi connectivity index (χ0) is 21.0. The number of rotatable bonds is 9. The highest BCUT2D eigenvalue weighted by molar-refractivity contribution is 5.76. The van der Waals surface area contributed by atoms with Crippen LogP contribution in [0.4, 0.5) is 0 Å². The summed E-state index contributed by atoms with van der Waals surface area (Å²) < 4.78 is 22.3. The van der Waals surface area contributed by atoms with E-state index in [2.05, 4.69) is 10.2 Å². The first-order valence-electron chi connectivity index (χ1n) is 11.3. The molecule has 0 radical (unpaired) electrons. The minimum atomic E-state index is 0.151. The molecule has 0 unspecified atom stereocenters. The van der Waals surface area contributed by atoms with E-state index in [4.69, 9.17) is 18.6 Å². The molecular formula is C23H29N3O5. The normalized spacial score (nSPS) is 20.1. The summed E-state index contributed by atoms with van der Waals surface area (Å²) in [4.78, 5) is 14.9. The van der Waals surface area contributed by atoms with Crippen LogP contribution in [-0.2, 0) is 22.4 Å². The van der Waals surface area contributed by atoms with E-state index in [-0.39, 0.29) is 18.8 Å². The lowest BCUT2D eigenvalue weighted by atomic mass is 9.85. The van der Waals surface area contributed by atoms with Crippen molar-refractivity contribution in [2.45, 2.75) is 57.5 Å². The number of benzene rings is 1. The molecule has 1 saturated carbocycles. The largest absolute Gasteiger partial charge is 0.454 e. The number of nitrogens with zero attached hydrogens (tertiary/aromatic N) is 3. The van der Waals surface area contributed by atoms with Gasteiger partial charge >= 0.3 is 0 Å². The van der Waals surface area contributed by atoms with Crippen molar-refractivity contribution in [3.63, 3.8) is 0 Å². The number of ether oxygens (including phenoxy) is 3. The van der Waals surface area contributed by atoms with Crippen molar-refractivity contribution in [3.05, 3.63) is 35.5 Å². The molecule has 166 valence electrons. The number of fused-ring (bicyclic) bond motifs is 1. The maximum absolute atomic E-state index is 12.9. The molecule has 0 bridgehead atoms. The van der Waals surface area contributed by atoms with E-state index in [1.165, 1.54) is 19.3 Å². The van der Waals surface area contributed by atoms with E-state index >= 15 is 0 Å². The minimum absolute atomic E-state index is 0.151. The Labute approximate surface area is 181 Å². The third-order valence-electron chi connectivity index (χ3n) is 6.36. The van der Waals surface area contributed by atoms with Gasteiger partial charge < -0.3 is 23.5 Å². The first kappa shape index (κ1) is 20.3. The Balaban J connectivity index is 1.15. The fourth-order valence-corrected chi connectivity index (χ4v) is 4.36. The topological polar surface area (TPSA) is 86.9 Å². The van der Waals surface area contributed by atoms with Crippen LogP contribution in [0.5, 0.6) is 11.5 Å². The summed E-state index contributed by atoms with van der Waals surface area (Å²) in [6, 6.07) is 5.78. The second-order valence-electron chi connectivity index (χ2n) is 8.68. The number of hydrogen-bond donors (Lipinski definition) is 0. The average molecular weight is 428 g/mol. The summed E-state index contributed by atoms with van der Waals surface area (Å²) in [5, 5.41) is 8.29. The van der Waals surface area contributed by atoms with Crippen LogP contribution in [0.15, 0.2) is 22.6 Å². The minimum Gasteiger partial charge on any atom is -0.454 e. The molecule has 31 heavy (non-hydrogen) atoms. The molecule has 3 aliphatic rings. The Bertz CT molecular complexity index is 904. The van der Waals surface area contributed by atoms with Crippen LogP contribution in [0.3, 0.4) is 0 Å². The van der Waals surface area contributed by atoms with Crippen LogP contribution < -0.4 is 9.47 Å². The van der Waals surface area contributed by atoms with Gasteiger partial charge in [-0.2, -0.15) is 0 Å². The van der Waals surface area contributed by atoms with Gasteiger partial charge in [-0.05, 0) is 49.3 Å². The monoisotopic (exact) mass is 427 g/mol. The van der Waals surface area contributed by atoms with Gasteiger partial charge in [0.2, 0.25) is 24.5 Å². The Morgan fingerprint density at radius 2 is 1.90 bits per heavy atom. The first-order chi connectivity index (χ1) is 15.2. The summed E-state index contributed by atoms with van der Waals surface area (Å²) in [6.45, 7) is 2.61. The van der Waals surface area contributed by atoms with Crippen LogP contribution >= 0.6 is 0 Å². The standard InChI is InChI=1S/C23H29N3O5/c27-23(26(13-16-3-1-4-16)14-18-5-2-10-28-18)9-8-21-24-25-22(31-21)12-17-6-7-19-20(11-17)30-15-29-19/h6-7,11,16,18H,1-5,8-10,12-15H2/t18-/m1/s1. The van der Waals surface area contributed by atoms with Crippen molar-refractivity contribution in [1.29, 1.82) is 0 Å². The summed E-state index contributed by atoms with van der Waals surface area (Å²) in [7, 11) is 0. The van der Waals surface area contributed by atoms with Crippen LogP contribution in [0, 0.1) is 5.92 Å². The third kappa shape index (κ3) is 5.01. The molecule has 2 fully saturated rings. The molecule has 1 atom stereocenters. The molecule has 3 heterocycles. The number of carbonyl (C=O) groups excluding carboxylic acids is 1. The Hall–Kier alpha value is -2.61. The molecule has 0 N–H and O–H groups in total. The Morgan fingerprint density at radius 3 is 2.71 bits per heavy atom. The molecule has 1 saturated heterocycles. The lowest BCUT2D eigenvalue weighted by Gasteiger charge is -2.33. The number of aromatic nitrogens is 2. The van der Waals surface area contributed by atoms with Gasteiger partial charge in [-0.15, -0.1) is 10.2 Å². The second kappa shape index (κ2) is 9.26. The van der Waals surface area contributed by atoms with E-state index in [1.54, 1.807) is 0 Å². The third-order valence-corrected chi connectivity index (χ3v) is 6.36. The quantitative estimate of drug-likeness (QED) is 0.608. The molecule has 2 aliphatic heterocycles. The Kier molecular flexibility index (Phi) is 6.06. The average Bonchev–Trinajstić information content (AvgIpc) is 3.49. The van der Waals surface area contributed by atoms with Crippen LogP contribution in [0.2, 0.25) is 0 Å². The maximum Gasteiger partial charge on any atom is 0.231 e. The van der Waals surface area contributed by atoms with Gasteiger partial charge in [-0.3, -0.25) is 4.79 Å². The molecule has 1 aromatic heterocycles.